The monoisotopic (exact) mass is 440 g/mol. The number of hydrogen-bond donors (Lipinski definition) is 1. The molecule has 1 N–H and O–H groups in total. The summed E-state index contributed by atoms with van der Waals surface area (Å²) in [7, 11) is 0. The van der Waals surface area contributed by atoms with Gasteiger partial charge < -0.3 is 14.7 Å². The maximum Gasteiger partial charge on any atom is 0.258 e. The average molecular weight is 441 g/mol. The Kier molecular flexibility index (Phi) is 5.65. The standard InChI is InChI=1S/C22H18ClFN4OS/c1-3-11-28-13(2)18(19(25-22(28)30)14-7-9-16(23)10-8-14)21-26-20(27-29-21)15-5-4-6-17(24)12-15/h3-10,12,19H,1,11H2,2H3,(H,25,30). The largest absolute Gasteiger partial charge is 0.351 e. The first kappa shape index (κ1) is 20.3. The summed E-state index contributed by atoms with van der Waals surface area (Å²) in [6.45, 7) is 6.28. The predicted molar refractivity (Wildman–Crippen MR) is 119 cm³/mol. The number of allylic oxidation sites excluding steroid dienone is 1. The molecule has 2 heterocycles. The Labute approximate surface area is 183 Å². The van der Waals surface area contributed by atoms with E-state index < -0.39 is 0 Å². The summed E-state index contributed by atoms with van der Waals surface area (Å²) in [6, 6.07) is 13.2. The van der Waals surface area contributed by atoms with Gasteiger partial charge in [0, 0.05) is 22.8 Å². The van der Waals surface area contributed by atoms with E-state index in [1.807, 2.05) is 36.1 Å². The van der Waals surface area contributed by atoms with Crippen LogP contribution in [0.5, 0.6) is 0 Å². The van der Waals surface area contributed by atoms with Gasteiger partial charge in [-0.25, -0.2) is 4.39 Å². The topological polar surface area (TPSA) is 54.2 Å². The summed E-state index contributed by atoms with van der Waals surface area (Å²) in [5.74, 6) is 0.272. The van der Waals surface area contributed by atoms with E-state index in [0.29, 0.717) is 34.0 Å². The van der Waals surface area contributed by atoms with Gasteiger partial charge in [-0.2, -0.15) is 4.98 Å². The predicted octanol–water partition coefficient (Wildman–Crippen LogP) is 5.38. The fraction of sp³-hybridized carbons (Fsp3) is 0.136. The molecule has 3 aromatic rings. The molecule has 1 atom stereocenters. The van der Waals surface area contributed by atoms with E-state index in [0.717, 1.165) is 16.8 Å². The molecule has 5 nitrogen and oxygen atoms in total. The summed E-state index contributed by atoms with van der Waals surface area (Å²) in [4.78, 5) is 6.46. The number of benzene rings is 2. The number of halogens is 2. The Balaban J connectivity index is 1.82. The van der Waals surface area contributed by atoms with Crippen molar-refractivity contribution in [2.45, 2.75) is 13.0 Å². The lowest BCUT2D eigenvalue weighted by Crippen LogP contribution is -2.45. The van der Waals surface area contributed by atoms with E-state index >= 15 is 0 Å². The zero-order valence-electron chi connectivity index (χ0n) is 16.1. The fourth-order valence-corrected chi connectivity index (χ4v) is 3.85. The minimum Gasteiger partial charge on any atom is -0.351 e. The highest BCUT2D eigenvalue weighted by Crippen LogP contribution is 2.37. The zero-order chi connectivity index (χ0) is 21.3. The highest BCUT2D eigenvalue weighted by Gasteiger charge is 2.33. The van der Waals surface area contributed by atoms with E-state index in [2.05, 4.69) is 22.0 Å². The van der Waals surface area contributed by atoms with Crippen LogP contribution in [0, 0.1) is 5.82 Å². The first-order valence-electron chi connectivity index (χ1n) is 9.23. The first-order valence-corrected chi connectivity index (χ1v) is 10.0. The lowest BCUT2D eigenvalue weighted by atomic mass is 9.95. The van der Waals surface area contributed by atoms with Crippen LogP contribution in [0.1, 0.15) is 24.4 Å². The zero-order valence-corrected chi connectivity index (χ0v) is 17.7. The van der Waals surface area contributed by atoms with Crippen LogP contribution < -0.4 is 5.32 Å². The van der Waals surface area contributed by atoms with Crippen LogP contribution in [0.3, 0.4) is 0 Å². The third-order valence-electron chi connectivity index (χ3n) is 4.85. The molecule has 0 bridgehead atoms. The lowest BCUT2D eigenvalue weighted by molar-refractivity contribution is 0.399. The molecule has 1 aromatic heterocycles. The molecule has 4 rings (SSSR count). The Morgan fingerprint density at radius 2 is 2.07 bits per heavy atom. The van der Waals surface area contributed by atoms with Crippen molar-refractivity contribution < 1.29 is 8.91 Å². The van der Waals surface area contributed by atoms with Crippen LogP contribution in [-0.4, -0.2) is 26.7 Å². The highest BCUT2D eigenvalue weighted by molar-refractivity contribution is 7.80. The molecule has 1 aliphatic heterocycles. The number of thiocarbonyl (C=S) groups is 1. The van der Waals surface area contributed by atoms with Gasteiger partial charge in [-0.15, -0.1) is 6.58 Å². The van der Waals surface area contributed by atoms with Crippen molar-refractivity contribution in [1.82, 2.24) is 20.4 Å². The SMILES string of the molecule is C=CCN1C(=S)NC(c2ccc(Cl)cc2)C(c2nc(-c3cccc(F)c3)no2)=C1C. The number of rotatable bonds is 5. The molecule has 0 radical (unpaired) electrons. The number of nitrogens with zero attached hydrogens (tertiary/aromatic N) is 3. The van der Waals surface area contributed by atoms with E-state index in [-0.39, 0.29) is 11.9 Å². The maximum atomic E-state index is 13.6. The van der Waals surface area contributed by atoms with Crippen molar-refractivity contribution in [3.05, 3.63) is 89.2 Å². The van der Waals surface area contributed by atoms with Crippen LogP contribution in [0.15, 0.2) is 71.4 Å². The smallest absolute Gasteiger partial charge is 0.258 e. The number of nitrogens with one attached hydrogen (secondary N) is 1. The Hall–Kier alpha value is -3.03. The number of aromatic nitrogens is 2. The normalized spacial score (nSPS) is 16.6. The van der Waals surface area contributed by atoms with Crippen LogP contribution in [-0.2, 0) is 0 Å². The third kappa shape index (κ3) is 3.86. The molecule has 0 fully saturated rings. The molecule has 8 heteroatoms. The van der Waals surface area contributed by atoms with Crippen molar-refractivity contribution in [3.8, 4) is 11.4 Å². The Morgan fingerprint density at radius 1 is 1.30 bits per heavy atom. The summed E-state index contributed by atoms with van der Waals surface area (Å²) in [6.07, 6.45) is 1.77. The summed E-state index contributed by atoms with van der Waals surface area (Å²) in [5, 5.41) is 8.62. The molecule has 0 aliphatic carbocycles. The molecule has 0 spiro atoms. The second-order valence-corrected chi connectivity index (χ2v) is 7.59. The van der Waals surface area contributed by atoms with Crippen molar-refractivity contribution >= 4 is 34.5 Å². The molecule has 0 saturated carbocycles. The summed E-state index contributed by atoms with van der Waals surface area (Å²) < 4.78 is 19.2. The maximum absolute atomic E-state index is 13.6. The molecule has 0 saturated heterocycles. The Bertz CT molecular complexity index is 1140. The van der Waals surface area contributed by atoms with Gasteiger partial charge >= 0.3 is 0 Å². The first-order chi connectivity index (χ1) is 14.5. The second kappa shape index (κ2) is 8.38. The molecule has 1 unspecified atom stereocenters. The second-order valence-electron chi connectivity index (χ2n) is 6.77. The molecule has 0 amide bonds. The van der Waals surface area contributed by atoms with E-state index in [1.54, 1.807) is 18.2 Å². The van der Waals surface area contributed by atoms with Crippen molar-refractivity contribution in [2.24, 2.45) is 0 Å². The molecule has 152 valence electrons. The van der Waals surface area contributed by atoms with E-state index in [4.69, 9.17) is 28.3 Å². The van der Waals surface area contributed by atoms with E-state index in [9.17, 15) is 4.39 Å². The van der Waals surface area contributed by atoms with Crippen molar-refractivity contribution in [2.75, 3.05) is 6.54 Å². The van der Waals surface area contributed by atoms with Crippen LogP contribution in [0.2, 0.25) is 5.02 Å². The van der Waals surface area contributed by atoms with Gasteiger partial charge in [0.1, 0.15) is 5.82 Å². The average Bonchev–Trinajstić information content (AvgIpc) is 3.21. The number of hydrogen-bond acceptors (Lipinski definition) is 4. The van der Waals surface area contributed by atoms with Gasteiger partial charge in [-0.1, -0.05) is 47.1 Å². The molecular weight excluding hydrogens is 423 g/mol. The molecule has 30 heavy (non-hydrogen) atoms. The molecule has 2 aromatic carbocycles. The van der Waals surface area contributed by atoms with Crippen LogP contribution in [0.25, 0.3) is 17.0 Å². The van der Waals surface area contributed by atoms with Crippen molar-refractivity contribution in [3.63, 3.8) is 0 Å². The summed E-state index contributed by atoms with van der Waals surface area (Å²) >= 11 is 11.6. The van der Waals surface area contributed by atoms with Gasteiger partial charge in [-0.05, 0) is 49.0 Å². The van der Waals surface area contributed by atoms with E-state index in [1.165, 1.54) is 12.1 Å². The van der Waals surface area contributed by atoms with Gasteiger partial charge in [0.05, 0.1) is 11.6 Å². The van der Waals surface area contributed by atoms with Crippen molar-refractivity contribution in [1.29, 1.82) is 0 Å². The lowest BCUT2D eigenvalue weighted by Gasteiger charge is -2.36. The van der Waals surface area contributed by atoms with Gasteiger partial charge in [0.2, 0.25) is 5.82 Å². The van der Waals surface area contributed by atoms with Crippen LogP contribution in [0.4, 0.5) is 4.39 Å². The molecule has 1 aliphatic rings. The quantitative estimate of drug-likeness (QED) is 0.424. The minimum absolute atomic E-state index is 0.308. The summed E-state index contributed by atoms with van der Waals surface area (Å²) in [5.41, 5.74) is 3.13. The van der Waals surface area contributed by atoms with Crippen LogP contribution >= 0.6 is 23.8 Å². The minimum atomic E-state index is -0.366. The van der Waals surface area contributed by atoms with Gasteiger partial charge in [-0.3, -0.25) is 0 Å². The highest BCUT2D eigenvalue weighted by atomic mass is 35.5. The fourth-order valence-electron chi connectivity index (χ4n) is 3.39. The van der Waals surface area contributed by atoms with Gasteiger partial charge in [0.15, 0.2) is 5.11 Å². The third-order valence-corrected chi connectivity index (χ3v) is 5.44. The molecular formula is C22H18ClFN4OS. The Morgan fingerprint density at radius 3 is 2.77 bits per heavy atom. The van der Waals surface area contributed by atoms with Gasteiger partial charge in [0.25, 0.3) is 5.89 Å².